The number of hydrogen-bond donors (Lipinski definition) is 0. The summed E-state index contributed by atoms with van der Waals surface area (Å²) >= 11 is 15.2. The van der Waals surface area contributed by atoms with Crippen LogP contribution in [0.4, 0.5) is 0 Å². The summed E-state index contributed by atoms with van der Waals surface area (Å²) in [7, 11) is 3.40. The zero-order chi connectivity index (χ0) is 21.6. The third-order valence-electron chi connectivity index (χ3n) is 3.40. The van der Waals surface area contributed by atoms with Crippen LogP contribution in [-0.2, 0) is 18.9 Å². The summed E-state index contributed by atoms with van der Waals surface area (Å²) in [6.07, 6.45) is 4.33. The number of thioether (sulfide) groups is 8. The highest BCUT2D eigenvalue weighted by atomic mass is 32.3. The van der Waals surface area contributed by atoms with Gasteiger partial charge in [-0.05, 0) is 12.5 Å². The molecule has 12 heteroatoms. The lowest BCUT2D eigenvalue weighted by atomic mass is 10.7. The van der Waals surface area contributed by atoms with Crippen LogP contribution in [0.3, 0.4) is 0 Å². The maximum atomic E-state index is 5.60. The summed E-state index contributed by atoms with van der Waals surface area (Å²) in [5.41, 5.74) is 0. The number of ether oxygens (including phenoxy) is 4. The number of methoxy groups -OCH3 is 2. The Balaban J connectivity index is 1.81. The Morgan fingerprint density at radius 2 is 0.967 bits per heavy atom. The first-order chi connectivity index (χ1) is 14.7. The Morgan fingerprint density at radius 3 is 1.33 bits per heavy atom. The van der Waals surface area contributed by atoms with Crippen LogP contribution >= 0.6 is 94.1 Å². The highest BCUT2D eigenvalue weighted by Gasteiger charge is 2.30. The van der Waals surface area contributed by atoms with Crippen molar-refractivity contribution in [1.82, 2.24) is 0 Å². The summed E-state index contributed by atoms with van der Waals surface area (Å²) in [6, 6.07) is 0. The Hall–Kier alpha value is 1.86. The Kier molecular flexibility index (Phi) is 16.2. The van der Waals surface area contributed by atoms with Crippen LogP contribution in [0.15, 0.2) is 25.4 Å². The molecule has 30 heavy (non-hydrogen) atoms. The van der Waals surface area contributed by atoms with Gasteiger partial charge < -0.3 is 18.9 Å². The maximum absolute atomic E-state index is 5.60. The van der Waals surface area contributed by atoms with Gasteiger partial charge in [0.2, 0.25) is 0 Å². The van der Waals surface area contributed by atoms with Gasteiger partial charge in [-0.15, -0.1) is 47.0 Å². The molecule has 0 amide bonds. The normalized spacial score (nSPS) is 19.6. The molecule has 0 aromatic rings. The molecule has 0 radical (unpaired) electrons. The molecule has 0 saturated carbocycles. The fraction of sp³-hybridized carbons (Fsp3) is 0.667. The third kappa shape index (κ3) is 10.0. The largest absolute Gasteiger partial charge is 0.382 e. The van der Waals surface area contributed by atoms with Crippen LogP contribution in [-0.4, -0.2) is 77.9 Å². The molecule has 172 valence electrons. The van der Waals surface area contributed by atoms with E-state index >= 15 is 0 Å². The molecule has 0 atom stereocenters. The monoisotopic (exact) mass is 564 g/mol. The molecule has 0 fully saturated rings. The molecular formula is C18H28O4S8. The van der Waals surface area contributed by atoms with E-state index in [1.54, 1.807) is 14.2 Å². The van der Waals surface area contributed by atoms with Crippen LogP contribution in [0.2, 0.25) is 0 Å². The second kappa shape index (κ2) is 17.3. The van der Waals surface area contributed by atoms with E-state index in [2.05, 4.69) is 12.5 Å². The van der Waals surface area contributed by atoms with Crippen LogP contribution in [0, 0.1) is 0 Å². The molecule has 0 unspecified atom stereocenters. The quantitative estimate of drug-likeness (QED) is 0.184. The minimum absolute atomic E-state index is 0.656. The molecule has 0 aromatic carbocycles. The van der Waals surface area contributed by atoms with Crippen molar-refractivity contribution in [2.75, 3.05) is 77.9 Å². The highest BCUT2D eigenvalue weighted by Crippen LogP contribution is 2.65. The molecule has 2 heterocycles. The topological polar surface area (TPSA) is 36.9 Å². The lowest BCUT2D eigenvalue weighted by molar-refractivity contribution is 0.0790. The van der Waals surface area contributed by atoms with Gasteiger partial charge >= 0.3 is 0 Å². The van der Waals surface area contributed by atoms with Gasteiger partial charge in [-0.3, -0.25) is 0 Å². The first-order valence-electron chi connectivity index (χ1n) is 9.14. The Labute approximate surface area is 214 Å². The average molecular weight is 565 g/mol. The molecule has 2 aliphatic heterocycles. The number of hydrogen-bond acceptors (Lipinski definition) is 12. The highest BCUT2D eigenvalue weighted by molar-refractivity contribution is 8.45. The second-order valence-corrected chi connectivity index (χ2v) is 14.9. The minimum Gasteiger partial charge on any atom is -0.382 e. The fourth-order valence-corrected chi connectivity index (χ4v) is 13.0. The van der Waals surface area contributed by atoms with Crippen molar-refractivity contribution in [3.8, 4) is 0 Å². The Morgan fingerprint density at radius 1 is 0.567 bits per heavy atom. The van der Waals surface area contributed by atoms with E-state index in [4.69, 9.17) is 18.9 Å². The van der Waals surface area contributed by atoms with Gasteiger partial charge in [0.1, 0.15) is 0 Å². The van der Waals surface area contributed by atoms with E-state index in [1.807, 2.05) is 94.1 Å². The van der Waals surface area contributed by atoms with Crippen LogP contribution < -0.4 is 0 Å². The lowest BCUT2D eigenvalue weighted by Gasteiger charge is -2.05. The molecule has 0 bridgehead atoms. The van der Waals surface area contributed by atoms with E-state index in [9.17, 15) is 0 Å². The van der Waals surface area contributed by atoms with Crippen molar-refractivity contribution >= 4 is 94.1 Å². The predicted molar refractivity (Wildman–Crippen MR) is 149 cm³/mol. The van der Waals surface area contributed by atoms with Gasteiger partial charge in [0.05, 0.1) is 65.1 Å². The molecule has 0 saturated heterocycles. The van der Waals surface area contributed by atoms with Gasteiger partial charge in [-0.25, -0.2) is 0 Å². The van der Waals surface area contributed by atoms with E-state index in [-0.39, 0.29) is 0 Å². The molecule has 0 N–H and O–H groups in total. The minimum atomic E-state index is 0.656. The Bertz CT molecular complexity index is 571. The smallest absolute Gasteiger partial charge is 0.0717 e. The van der Waals surface area contributed by atoms with Crippen LogP contribution in [0.25, 0.3) is 0 Å². The first kappa shape index (κ1) is 28.1. The van der Waals surface area contributed by atoms with E-state index in [1.165, 1.54) is 25.4 Å². The second-order valence-electron chi connectivity index (χ2n) is 5.45. The van der Waals surface area contributed by atoms with Gasteiger partial charge in [0.25, 0.3) is 0 Å². The van der Waals surface area contributed by atoms with E-state index < -0.39 is 0 Å². The van der Waals surface area contributed by atoms with Crippen LogP contribution in [0.1, 0.15) is 0 Å². The molecule has 0 aliphatic carbocycles. The van der Waals surface area contributed by atoms with Gasteiger partial charge in [-0.1, -0.05) is 47.0 Å². The summed E-state index contributed by atoms with van der Waals surface area (Å²) in [6.45, 7) is 4.15. The van der Waals surface area contributed by atoms with Crippen molar-refractivity contribution in [2.45, 2.75) is 0 Å². The molecule has 2 rings (SSSR count). The van der Waals surface area contributed by atoms with Crippen molar-refractivity contribution in [3.63, 3.8) is 0 Å². The van der Waals surface area contributed by atoms with Crippen molar-refractivity contribution in [2.24, 2.45) is 0 Å². The summed E-state index contributed by atoms with van der Waals surface area (Å²) in [5.74, 6) is 1.94. The molecule has 2 aliphatic rings. The molecular weight excluding hydrogens is 537 g/mol. The van der Waals surface area contributed by atoms with Gasteiger partial charge in [0, 0.05) is 25.7 Å². The maximum Gasteiger partial charge on any atom is 0.0717 e. The molecule has 0 spiro atoms. The van der Waals surface area contributed by atoms with E-state index in [0.717, 1.165) is 24.7 Å². The molecule has 0 aromatic heterocycles. The fourth-order valence-electron chi connectivity index (χ4n) is 2.01. The van der Waals surface area contributed by atoms with Crippen LogP contribution in [0.5, 0.6) is 0 Å². The van der Waals surface area contributed by atoms with Gasteiger partial charge in [-0.2, -0.15) is 0 Å². The standard InChI is InChI=1S/C18H28O4S8/c1-19-5-7-21-9-11-25-15-13(23-3)27-17(29-15)18-28-14(24-4)16(30-18)26-12-10-22-8-6-20-2/h5-12H2,1-4H3/b18-17+. The molecule has 4 nitrogen and oxygen atoms in total. The summed E-state index contributed by atoms with van der Waals surface area (Å²) in [5, 5.41) is 0. The first-order valence-corrected chi connectivity index (χ1v) is 16.8. The average Bonchev–Trinajstić information content (AvgIpc) is 3.36. The summed E-state index contributed by atoms with van der Waals surface area (Å²) < 4.78 is 29.7. The van der Waals surface area contributed by atoms with Crippen molar-refractivity contribution in [1.29, 1.82) is 0 Å². The van der Waals surface area contributed by atoms with Crippen molar-refractivity contribution < 1.29 is 18.9 Å². The zero-order valence-electron chi connectivity index (χ0n) is 17.6. The van der Waals surface area contributed by atoms with E-state index in [0.29, 0.717) is 26.4 Å². The third-order valence-corrected chi connectivity index (χ3v) is 14.6. The summed E-state index contributed by atoms with van der Waals surface area (Å²) in [4.78, 5) is 0. The van der Waals surface area contributed by atoms with Gasteiger partial charge in [0.15, 0.2) is 0 Å². The SMILES string of the molecule is COCCOCCSC1=C(SC)S/C(=C2/SC(SC)=C(SCCOCCOC)S2)S1. The zero-order valence-corrected chi connectivity index (χ0v) is 24.1. The van der Waals surface area contributed by atoms with Crippen molar-refractivity contribution in [3.05, 3.63) is 25.4 Å². The predicted octanol–water partition coefficient (Wildman–Crippen LogP) is 6.84. The number of rotatable bonds is 16. The lowest BCUT2D eigenvalue weighted by Crippen LogP contribution is -2.04.